The summed E-state index contributed by atoms with van der Waals surface area (Å²) in [6.07, 6.45) is 4.35. The van der Waals surface area contributed by atoms with Crippen LogP contribution in [0.3, 0.4) is 0 Å². The number of fused-ring (bicyclic) bond motifs is 1. The Kier molecular flexibility index (Phi) is 2.51. The first-order valence-electron chi connectivity index (χ1n) is 4.48. The van der Waals surface area contributed by atoms with Gasteiger partial charge in [0.05, 0.1) is 0 Å². The molecule has 0 amide bonds. The van der Waals surface area contributed by atoms with Gasteiger partial charge < -0.3 is 5.73 Å². The Bertz CT molecular complexity index is 355. The number of hydrogen-bond donors (Lipinski definition) is 1. The molecule has 68 valence electrons. The van der Waals surface area contributed by atoms with E-state index in [2.05, 4.69) is 40.2 Å². The number of benzene rings is 1. The average molecular weight is 238 g/mol. The predicted octanol–water partition coefficient (Wildman–Crippen LogP) is 2.74. The SMILES string of the molecule is NCCC1=Cc2c(Br)cccc2C1. The highest BCUT2D eigenvalue weighted by Gasteiger charge is 2.13. The highest BCUT2D eigenvalue weighted by molar-refractivity contribution is 9.10. The topological polar surface area (TPSA) is 26.0 Å². The molecule has 1 aromatic carbocycles. The van der Waals surface area contributed by atoms with Gasteiger partial charge in [0.2, 0.25) is 0 Å². The maximum absolute atomic E-state index is 5.53. The molecule has 0 unspecified atom stereocenters. The highest BCUT2D eigenvalue weighted by Crippen LogP contribution is 2.31. The summed E-state index contributed by atoms with van der Waals surface area (Å²) < 4.78 is 1.19. The van der Waals surface area contributed by atoms with Crippen LogP contribution in [0.2, 0.25) is 0 Å². The van der Waals surface area contributed by atoms with E-state index >= 15 is 0 Å². The second-order valence-electron chi connectivity index (χ2n) is 3.33. The molecule has 0 radical (unpaired) electrons. The number of hydrogen-bond acceptors (Lipinski definition) is 1. The number of nitrogens with two attached hydrogens (primary N) is 1. The van der Waals surface area contributed by atoms with Crippen LogP contribution in [0, 0.1) is 0 Å². The lowest BCUT2D eigenvalue weighted by Gasteiger charge is -1.99. The van der Waals surface area contributed by atoms with E-state index in [0.29, 0.717) is 0 Å². The normalized spacial score (nSPS) is 14.2. The molecule has 0 spiro atoms. The molecule has 1 aliphatic carbocycles. The van der Waals surface area contributed by atoms with Crippen molar-refractivity contribution in [2.75, 3.05) is 6.54 Å². The van der Waals surface area contributed by atoms with Crippen molar-refractivity contribution in [3.05, 3.63) is 39.4 Å². The van der Waals surface area contributed by atoms with Gasteiger partial charge >= 0.3 is 0 Å². The summed E-state index contributed by atoms with van der Waals surface area (Å²) in [6, 6.07) is 6.35. The Morgan fingerprint density at radius 3 is 2.92 bits per heavy atom. The molecule has 1 aliphatic rings. The first-order chi connectivity index (χ1) is 6.31. The predicted molar refractivity (Wildman–Crippen MR) is 59.5 cm³/mol. The van der Waals surface area contributed by atoms with Crippen molar-refractivity contribution in [3.63, 3.8) is 0 Å². The van der Waals surface area contributed by atoms with Crippen molar-refractivity contribution in [2.45, 2.75) is 12.8 Å². The number of halogens is 1. The zero-order valence-corrected chi connectivity index (χ0v) is 8.97. The maximum Gasteiger partial charge on any atom is 0.0250 e. The molecule has 0 saturated carbocycles. The smallest absolute Gasteiger partial charge is 0.0250 e. The molecule has 0 bridgehead atoms. The summed E-state index contributed by atoms with van der Waals surface area (Å²) in [6.45, 7) is 0.747. The van der Waals surface area contributed by atoms with Gasteiger partial charge in [-0.2, -0.15) is 0 Å². The largest absolute Gasteiger partial charge is 0.330 e. The molecule has 0 atom stereocenters. The lowest BCUT2D eigenvalue weighted by Crippen LogP contribution is -1.99. The Morgan fingerprint density at radius 2 is 2.23 bits per heavy atom. The van der Waals surface area contributed by atoms with Gasteiger partial charge in [0.1, 0.15) is 0 Å². The fourth-order valence-electron chi connectivity index (χ4n) is 1.74. The quantitative estimate of drug-likeness (QED) is 0.842. The summed E-state index contributed by atoms with van der Waals surface area (Å²) in [5.74, 6) is 0. The molecular weight excluding hydrogens is 226 g/mol. The highest BCUT2D eigenvalue weighted by atomic mass is 79.9. The third kappa shape index (κ3) is 1.69. The summed E-state index contributed by atoms with van der Waals surface area (Å²) in [5, 5.41) is 0. The molecule has 0 aromatic heterocycles. The van der Waals surface area contributed by atoms with E-state index < -0.39 is 0 Å². The van der Waals surface area contributed by atoms with E-state index in [4.69, 9.17) is 5.73 Å². The van der Waals surface area contributed by atoms with Crippen LogP contribution in [0.4, 0.5) is 0 Å². The van der Waals surface area contributed by atoms with Crippen LogP contribution >= 0.6 is 15.9 Å². The van der Waals surface area contributed by atoms with Crippen LogP contribution in [0.5, 0.6) is 0 Å². The molecule has 2 rings (SSSR count). The van der Waals surface area contributed by atoms with Gasteiger partial charge in [0, 0.05) is 4.47 Å². The van der Waals surface area contributed by atoms with E-state index in [-0.39, 0.29) is 0 Å². The third-order valence-electron chi connectivity index (χ3n) is 2.37. The van der Waals surface area contributed by atoms with Gasteiger partial charge in [-0.15, -0.1) is 0 Å². The molecule has 2 heteroatoms. The van der Waals surface area contributed by atoms with Gasteiger partial charge in [-0.3, -0.25) is 0 Å². The molecule has 0 fully saturated rings. The Labute approximate surface area is 86.8 Å². The van der Waals surface area contributed by atoms with Gasteiger partial charge in [-0.25, -0.2) is 0 Å². The van der Waals surface area contributed by atoms with E-state index in [1.807, 2.05) is 0 Å². The van der Waals surface area contributed by atoms with Crippen LogP contribution in [0.1, 0.15) is 17.5 Å². The third-order valence-corrected chi connectivity index (χ3v) is 3.07. The first-order valence-corrected chi connectivity index (χ1v) is 5.27. The molecule has 13 heavy (non-hydrogen) atoms. The van der Waals surface area contributed by atoms with Crippen molar-refractivity contribution >= 4 is 22.0 Å². The van der Waals surface area contributed by atoms with Crippen molar-refractivity contribution in [3.8, 4) is 0 Å². The second kappa shape index (κ2) is 3.64. The lowest BCUT2D eigenvalue weighted by molar-refractivity contribution is 0.927. The standard InChI is InChI=1S/C11H12BrN/c12-11-3-1-2-9-6-8(4-5-13)7-10(9)11/h1-3,7H,4-6,13H2. The van der Waals surface area contributed by atoms with Gasteiger partial charge in [0.15, 0.2) is 0 Å². The van der Waals surface area contributed by atoms with Crippen LogP contribution in [0.25, 0.3) is 6.08 Å². The number of rotatable bonds is 2. The second-order valence-corrected chi connectivity index (χ2v) is 4.19. The average Bonchev–Trinajstić information content (AvgIpc) is 2.49. The van der Waals surface area contributed by atoms with E-state index in [9.17, 15) is 0 Å². The van der Waals surface area contributed by atoms with Gasteiger partial charge in [-0.1, -0.05) is 39.7 Å². The maximum atomic E-state index is 5.53. The zero-order valence-electron chi connectivity index (χ0n) is 7.39. The summed E-state index contributed by atoms with van der Waals surface area (Å²) in [7, 11) is 0. The first kappa shape index (κ1) is 8.97. The van der Waals surface area contributed by atoms with E-state index in [1.165, 1.54) is 21.2 Å². The Balaban J connectivity index is 2.32. The summed E-state index contributed by atoms with van der Waals surface area (Å²) >= 11 is 3.55. The molecule has 1 nitrogen and oxygen atoms in total. The summed E-state index contributed by atoms with van der Waals surface area (Å²) in [5.41, 5.74) is 9.73. The Morgan fingerprint density at radius 1 is 1.38 bits per heavy atom. The fourth-order valence-corrected chi connectivity index (χ4v) is 2.26. The minimum absolute atomic E-state index is 0.747. The van der Waals surface area contributed by atoms with Gasteiger partial charge in [0.25, 0.3) is 0 Å². The van der Waals surface area contributed by atoms with Crippen molar-refractivity contribution in [1.29, 1.82) is 0 Å². The Hall–Kier alpha value is -0.600. The van der Waals surface area contributed by atoms with Crippen molar-refractivity contribution in [1.82, 2.24) is 0 Å². The van der Waals surface area contributed by atoms with Crippen molar-refractivity contribution in [2.24, 2.45) is 5.73 Å². The fraction of sp³-hybridized carbons (Fsp3) is 0.273. The lowest BCUT2D eigenvalue weighted by atomic mass is 10.1. The monoisotopic (exact) mass is 237 g/mol. The van der Waals surface area contributed by atoms with Crippen LogP contribution in [0.15, 0.2) is 28.2 Å². The van der Waals surface area contributed by atoms with E-state index in [1.54, 1.807) is 0 Å². The van der Waals surface area contributed by atoms with Crippen LogP contribution < -0.4 is 5.73 Å². The molecule has 2 N–H and O–H groups in total. The van der Waals surface area contributed by atoms with Crippen molar-refractivity contribution < 1.29 is 0 Å². The molecule has 0 heterocycles. The molecule has 0 aliphatic heterocycles. The molecular formula is C11H12BrN. The minimum Gasteiger partial charge on any atom is -0.330 e. The zero-order chi connectivity index (χ0) is 9.26. The minimum atomic E-state index is 0.747. The van der Waals surface area contributed by atoms with Gasteiger partial charge in [-0.05, 0) is 36.6 Å². The summed E-state index contributed by atoms with van der Waals surface area (Å²) in [4.78, 5) is 0. The van der Waals surface area contributed by atoms with E-state index in [0.717, 1.165) is 19.4 Å². The molecule has 0 saturated heterocycles. The molecule has 1 aromatic rings. The van der Waals surface area contributed by atoms with Crippen LogP contribution in [-0.4, -0.2) is 6.54 Å². The van der Waals surface area contributed by atoms with Crippen LogP contribution in [-0.2, 0) is 6.42 Å².